The second-order valence-electron chi connectivity index (χ2n) is 18.1. The van der Waals surface area contributed by atoms with Gasteiger partial charge >= 0.3 is 0 Å². The topological polar surface area (TPSA) is 110 Å². The standard InChI is InChI=1S/C53H60N2O7/c1-6-29-59-53-48(55(5)51(58)40-22-21-35-15-7-9-17-37(35)30-40)34-46(54-62-52(2,3)4)44-32-39(19-11-13-27-56)43(20-12-14-28-57)49(50(44)53)45-33-42(25-26-47(45)61-53)60-41-24-23-36-16-8-10-18-38(36)31-41/h6-10,15-18,21-26,30-33,39,43,48-50,56-57H,1,11-14,19-20,27-29,34H2,2-5H3/t39-,43+,48-,49+,50+,53+/m0/s1. The zero-order chi connectivity index (χ0) is 43.4. The molecule has 1 saturated carbocycles. The van der Waals surface area contributed by atoms with Gasteiger partial charge in [-0.2, -0.15) is 0 Å². The highest BCUT2D eigenvalue weighted by Crippen LogP contribution is 2.62. The van der Waals surface area contributed by atoms with Gasteiger partial charge in [-0.1, -0.05) is 90.8 Å². The summed E-state index contributed by atoms with van der Waals surface area (Å²) in [6.07, 6.45) is 9.16. The molecule has 5 aromatic carbocycles. The van der Waals surface area contributed by atoms with Crippen molar-refractivity contribution in [2.75, 3.05) is 26.9 Å². The SMILES string of the molecule is C=CCO[C@@]12Oc3ccc(Oc4ccc5ccccc5c4)cc3[C@H]3[C@H](CCCCO)[C@@H](CCCCO)C=C(C(=NOC(C)(C)C)C[C@@H]1N(C)C(=O)c1ccc4ccccc4c1)[C@H]32. The third-order valence-electron chi connectivity index (χ3n) is 12.8. The van der Waals surface area contributed by atoms with E-state index < -0.39 is 23.3 Å². The monoisotopic (exact) mass is 836 g/mol. The van der Waals surface area contributed by atoms with Crippen molar-refractivity contribution in [2.24, 2.45) is 22.9 Å². The Morgan fingerprint density at radius 1 is 0.855 bits per heavy atom. The second kappa shape index (κ2) is 18.5. The first-order valence-electron chi connectivity index (χ1n) is 22.2. The quantitative estimate of drug-likeness (QED) is 0.0578. The molecule has 8 rings (SSSR count). The number of amides is 1. The van der Waals surface area contributed by atoms with Crippen molar-refractivity contribution in [2.45, 2.75) is 89.1 Å². The van der Waals surface area contributed by atoms with E-state index in [-0.39, 0.29) is 43.5 Å². The van der Waals surface area contributed by atoms with Gasteiger partial charge in [-0.25, -0.2) is 0 Å². The average Bonchev–Trinajstić information content (AvgIpc) is 3.27. The highest BCUT2D eigenvalue weighted by molar-refractivity contribution is 6.04. The van der Waals surface area contributed by atoms with Crippen LogP contribution in [0.5, 0.6) is 17.2 Å². The molecule has 0 radical (unpaired) electrons. The number of hydrogen-bond acceptors (Lipinski definition) is 8. The number of aliphatic hydroxyl groups is 2. The van der Waals surface area contributed by atoms with Crippen molar-refractivity contribution in [3.05, 3.63) is 139 Å². The molecular formula is C53H60N2O7. The molecule has 1 aliphatic heterocycles. The van der Waals surface area contributed by atoms with E-state index in [1.54, 1.807) is 11.0 Å². The van der Waals surface area contributed by atoms with Crippen LogP contribution in [0, 0.1) is 17.8 Å². The Bertz CT molecular complexity index is 2470. The molecule has 3 aliphatic rings. The Kier molecular flexibility index (Phi) is 12.9. The highest BCUT2D eigenvalue weighted by Gasteiger charge is 2.65. The molecule has 1 heterocycles. The molecule has 62 heavy (non-hydrogen) atoms. The average molecular weight is 837 g/mol. The lowest BCUT2D eigenvalue weighted by Crippen LogP contribution is -2.69. The number of hydrogen-bond donors (Lipinski definition) is 2. The molecule has 0 spiro atoms. The van der Waals surface area contributed by atoms with Crippen molar-refractivity contribution >= 4 is 33.2 Å². The number of carbonyl (C=O) groups excluding carboxylic acids is 1. The summed E-state index contributed by atoms with van der Waals surface area (Å²) in [5.41, 5.74) is 2.74. The van der Waals surface area contributed by atoms with Gasteiger partial charge in [-0.15, -0.1) is 6.58 Å². The fourth-order valence-electron chi connectivity index (χ4n) is 10.0. The lowest BCUT2D eigenvalue weighted by molar-refractivity contribution is -0.252. The molecular weight excluding hydrogens is 777 g/mol. The minimum absolute atomic E-state index is 0.0873. The Labute approximate surface area is 365 Å². The van der Waals surface area contributed by atoms with Crippen LogP contribution in [0.15, 0.2) is 133 Å². The second-order valence-corrected chi connectivity index (χ2v) is 18.1. The molecule has 5 aromatic rings. The Hall–Kier alpha value is -5.48. The number of aliphatic hydroxyl groups excluding tert-OH is 2. The summed E-state index contributed by atoms with van der Waals surface area (Å²) in [6.45, 7) is 10.4. The molecule has 0 unspecified atom stereocenters. The normalized spacial score (nSPS) is 23.5. The van der Waals surface area contributed by atoms with Crippen LogP contribution in [-0.4, -0.2) is 71.0 Å². The third kappa shape index (κ3) is 8.76. The molecule has 0 aromatic heterocycles. The van der Waals surface area contributed by atoms with Crippen LogP contribution in [-0.2, 0) is 9.57 Å². The van der Waals surface area contributed by atoms with Crippen molar-refractivity contribution < 1.29 is 34.1 Å². The number of fused-ring (bicyclic) bond motifs is 4. The lowest BCUT2D eigenvalue weighted by Gasteiger charge is -2.59. The Morgan fingerprint density at radius 3 is 2.19 bits per heavy atom. The van der Waals surface area contributed by atoms with E-state index >= 15 is 0 Å². The van der Waals surface area contributed by atoms with Crippen molar-refractivity contribution in [3.8, 4) is 17.2 Å². The predicted octanol–water partition coefficient (Wildman–Crippen LogP) is 11.0. The number of oxime groups is 1. The van der Waals surface area contributed by atoms with E-state index in [9.17, 15) is 15.0 Å². The van der Waals surface area contributed by atoms with Crippen LogP contribution in [0.1, 0.15) is 87.6 Å². The maximum Gasteiger partial charge on any atom is 0.254 e. The number of unbranched alkanes of at least 4 members (excludes halogenated alkanes) is 2. The number of carbonyl (C=O) groups is 1. The zero-order valence-electron chi connectivity index (χ0n) is 36.5. The zero-order valence-corrected chi connectivity index (χ0v) is 36.5. The van der Waals surface area contributed by atoms with E-state index in [0.717, 1.165) is 69.8 Å². The molecule has 0 saturated heterocycles. The number of allylic oxidation sites excluding steroid dienone is 1. The summed E-state index contributed by atoms with van der Waals surface area (Å²) < 4.78 is 21.1. The van der Waals surface area contributed by atoms with Crippen LogP contribution in [0.2, 0.25) is 0 Å². The summed E-state index contributed by atoms with van der Waals surface area (Å²) >= 11 is 0. The Balaban J connectivity index is 1.31. The van der Waals surface area contributed by atoms with Crippen LogP contribution in [0.3, 0.4) is 0 Å². The van der Waals surface area contributed by atoms with Crippen LogP contribution < -0.4 is 9.47 Å². The van der Waals surface area contributed by atoms with Crippen LogP contribution in [0.4, 0.5) is 0 Å². The number of rotatable bonds is 16. The summed E-state index contributed by atoms with van der Waals surface area (Å²) in [5, 5.41) is 29.1. The molecule has 2 aliphatic carbocycles. The minimum Gasteiger partial charge on any atom is -0.459 e. The summed E-state index contributed by atoms with van der Waals surface area (Å²) in [6, 6.07) is 33.6. The van der Waals surface area contributed by atoms with Gasteiger partial charge in [0.05, 0.1) is 18.2 Å². The summed E-state index contributed by atoms with van der Waals surface area (Å²) in [4.78, 5) is 22.9. The van der Waals surface area contributed by atoms with Crippen LogP contribution >= 0.6 is 0 Å². The van der Waals surface area contributed by atoms with Gasteiger partial charge < -0.3 is 34.2 Å². The molecule has 9 nitrogen and oxygen atoms in total. The molecule has 6 atom stereocenters. The van der Waals surface area contributed by atoms with E-state index in [1.807, 2.05) is 101 Å². The van der Waals surface area contributed by atoms with Gasteiger partial charge in [-0.3, -0.25) is 4.79 Å². The fourth-order valence-corrected chi connectivity index (χ4v) is 10.0. The van der Waals surface area contributed by atoms with Crippen molar-refractivity contribution in [1.82, 2.24) is 4.90 Å². The summed E-state index contributed by atoms with van der Waals surface area (Å²) in [7, 11) is 1.84. The number of likely N-dealkylation sites (N-methyl/N-ethyl adjacent to an activating group) is 1. The van der Waals surface area contributed by atoms with Gasteiger partial charge in [0.2, 0.25) is 5.79 Å². The predicted molar refractivity (Wildman–Crippen MR) is 246 cm³/mol. The minimum atomic E-state index is -1.36. The maximum absolute atomic E-state index is 14.9. The van der Waals surface area contributed by atoms with Gasteiger partial charge in [0, 0.05) is 43.7 Å². The van der Waals surface area contributed by atoms with Gasteiger partial charge in [0.15, 0.2) is 0 Å². The fraction of sp³-hybridized carbons (Fsp3) is 0.396. The molecule has 9 heteroatoms. The van der Waals surface area contributed by atoms with Crippen LogP contribution in [0.25, 0.3) is 21.5 Å². The van der Waals surface area contributed by atoms with E-state index in [1.165, 1.54) is 0 Å². The molecule has 324 valence electrons. The third-order valence-corrected chi connectivity index (χ3v) is 12.8. The molecule has 2 N–H and O–H groups in total. The van der Waals surface area contributed by atoms with E-state index in [0.29, 0.717) is 36.3 Å². The van der Waals surface area contributed by atoms with Crippen molar-refractivity contribution in [3.63, 3.8) is 0 Å². The summed E-state index contributed by atoms with van der Waals surface area (Å²) in [5.74, 6) is 0.175. The molecule has 1 amide bonds. The largest absolute Gasteiger partial charge is 0.459 e. The van der Waals surface area contributed by atoms with Crippen molar-refractivity contribution in [1.29, 1.82) is 0 Å². The first-order chi connectivity index (χ1) is 30.0. The molecule has 0 bridgehead atoms. The van der Waals surface area contributed by atoms with Gasteiger partial charge in [-0.05, 0) is 128 Å². The Morgan fingerprint density at radius 2 is 1.50 bits per heavy atom. The maximum atomic E-state index is 14.9. The smallest absolute Gasteiger partial charge is 0.254 e. The number of nitrogens with zero attached hydrogens (tertiary/aromatic N) is 2. The van der Waals surface area contributed by atoms with Gasteiger partial charge in [0.25, 0.3) is 5.91 Å². The first kappa shape index (κ1) is 43.2. The van der Waals surface area contributed by atoms with Gasteiger partial charge in [0.1, 0.15) is 28.9 Å². The lowest BCUT2D eigenvalue weighted by atomic mass is 9.55. The number of benzene rings is 5. The van der Waals surface area contributed by atoms with E-state index in [2.05, 4.69) is 43.0 Å². The number of ether oxygens (including phenoxy) is 3. The molecule has 1 fully saturated rings. The van der Waals surface area contributed by atoms with E-state index in [4.69, 9.17) is 24.2 Å². The highest BCUT2D eigenvalue weighted by atomic mass is 16.7. The first-order valence-corrected chi connectivity index (χ1v) is 22.2.